The van der Waals surface area contributed by atoms with E-state index < -0.39 is 0 Å². The van der Waals surface area contributed by atoms with Crippen LogP contribution in [0, 0.1) is 26.7 Å². The molecule has 2 aromatic carbocycles. The first kappa shape index (κ1) is 17.5. The molecule has 4 nitrogen and oxygen atoms in total. The molecule has 0 unspecified atom stereocenters. The zero-order chi connectivity index (χ0) is 18.1. The normalized spacial score (nSPS) is 17.0. The summed E-state index contributed by atoms with van der Waals surface area (Å²) in [6.45, 7) is 6.18. The molecule has 1 aliphatic heterocycles. The van der Waals surface area contributed by atoms with E-state index in [1.165, 1.54) is 0 Å². The Balaban J connectivity index is 1.78. The molecule has 5 heteroatoms. The van der Waals surface area contributed by atoms with Crippen LogP contribution in [-0.2, 0) is 9.59 Å². The fourth-order valence-electron chi connectivity index (χ4n) is 3.24. The van der Waals surface area contributed by atoms with Gasteiger partial charge in [-0.25, -0.2) is 0 Å². The highest BCUT2D eigenvalue weighted by Gasteiger charge is 2.36. The summed E-state index contributed by atoms with van der Waals surface area (Å²) in [6, 6.07) is 11.4. The first-order valence-corrected chi connectivity index (χ1v) is 8.69. The van der Waals surface area contributed by atoms with Gasteiger partial charge >= 0.3 is 0 Å². The van der Waals surface area contributed by atoms with Crippen LogP contribution >= 0.6 is 11.6 Å². The van der Waals surface area contributed by atoms with Crippen molar-refractivity contribution in [1.82, 2.24) is 0 Å². The summed E-state index contributed by atoms with van der Waals surface area (Å²) < 4.78 is 0. The molecular formula is C20H21ClN2O2. The molecule has 3 rings (SSSR count). The molecule has 1 N–H and O–H groups in total. The summed E-state index contributed by atoms with van der Waals surface area (Å²) >= 11 is 6.16. The Morgan fingerprint density at radius 1 is 1.12 bits per heavy atom. The van der Waals surface area contributed by atoms with Gasteiger partial charge in [0.25, 0.3) is 0 Å². The Labute approximate surface area is 152 Å². The third-order valence-corrected chi connectivity index (χ3v) is 5.16. The van der Waals surface area contributed by atoms with Crippen LogP contribution in [0.15, 0.2) is 36.4 Å². The molecule has 1 aliphatic rings. The number of halogens is 1. The van der Waals surface area contributed by atoms with E-state index in [1.807, 2.05) is 51.1 Å². The molecule has 1 atom stereocenters. The van der Waals surface area contributed by atoms with Crippen LogP contribution in [0.2, 0.25) is 5.02 Å². The van der Waals surface area contributed by atoms with Crippen molar-refractivity contribution in [3.05, 3.63) is 58.1 Å². The van der Waals surface area contributed by atoms with Crippen molar-refractivity contribution in [2.45, 2.75) is 27.2 Å². The number of nitrogens with one attached hydrogen (secondary N) is 1. The molecule has 0 saturated carbocycles. The van der Waals surface area contributed by atoms with Crippen LogP contribution in [0.25, 0.3) is 0 Å². The molecule has 130 valence electrons. The van der Waals surface area contributed by atoms with E-state index in [1.54, 1.807) is 11.0 Å². The minimum atomic E-state index is -0.370. The van der Waals surface area contributed by atoms with Crippen molar-refractivity contribution >= 4 is 34.8 Å². The van der Waals surface area contributed by atoms with Gasteiger partial charge in [0, 0.05) is 29.4 Å². The number of hydrogen-bond acceptors (Lipinski definition) is 2. The molecule has 0 aromatic heterocycles. The highest BCUT2D eigenvalue weighted by molar-refractivity contribution is 6.31. The smallest absolute Gasteiger partial charge is 0.229 e. The summed E-state index contributed by atoms with van der Waals surface area (Å²) in [7, 11) is 0. The van der Waals surface area contributed by atoms with E-state index in [2.05, 4.69) is 5.32 Å². The number of para-hydroxylation sites is 1. The predicted molar refractivity (Wildman–Crippen MR) is 101 cm³/mol. The lowest BCUT2D eigenvalue weighted by molar-refractivity contribution is -0.122. The quantitative estimate of drug-likeness (QED) is 0.893. The second kappa shape index (κ2) is 6.89. The number of nitrogens with zero attached hydrogens (tertiary/aromatic N) is 1. The van der Waals surface area contributed by atoms with E-state index in [4.69, 9.17) is 11.6 Å². The average molecular weight is 357 g/mol. The summed E-state index contributed by atoms with van der Waals surface area (Å²) in [5.41, 5.74) is 4.49. The van der Waals surface area contributed by atoms with E-state index in [-0.39, 0.29) is 24.2 Å². The molecule has 0 spiro atoms. The minimum Gasteiger partial charge on any atom is -0.325 e. The summed E-state index contributed by atoms with van der Waals surface area (Å²) in [5, 5.41) is 3.61. The van der Waals surface area contributed by atoms with Gasteiger partial charge in [-0.05, 0) is 49.6 Å². The number of hydrogen-bond donors (Lipinski definition) is 1. The van der Waals surface area contributed by atoms with Gasteiger partial charge in [-0.2, -0.15) is 0 Å². The van der Waals surface area contributed by atoms with Gasteiger partial charge in [-0.1, -0.05) is 35.9 Å². The third kappa shape index (κ3) is 3.40. The third-order valence-electron chi connectivity index (χ3n) is 4.76. The first-order chi connectivity index (χ1) is 11.9. The highest BCUT2D eigenvalue weighted by atomic mass is 35.5. The molecule has 25 heavy (non-hydrogen) atoms. The van der Waals surface area contributed by atoms with Crippen LogP contribution in [0.3, 0.4) is 0 Å². The molecule has 0 bridgehead atoms. The van der Waals surface area contributed by atoms with E-state index in [9.17, 15) is 9.59 Å². The van der Waals surface area contributed by atoms with Crippen LogP contribution in [-0.4, -0.2) is 18.4 Å². The minimum absolute atomic E-state index is 0.0491. The maximum atomic E-state index is 12.7. The highest BCUT2D eigenvalue weighted by Crippen LogP contribution is 2.32. The summed E-state index contributed by atoms with van der Waals surface area (Å²) in [4.78, 5) is 26.8. The zero-order valence-corrected chi connectivity index (χ0v) is 15.4. The van der Waals surface area contributed by atoms with Crippen LogP contribution in [0.4, 0.5) is 11.4 Å². The second-order valence-corrected chi connectivity index (χ2v) is 6.95. The van der Waals surface area contributed by atoms with Crippen molar-refractivity contribution < 1.29 is 9.59 Å². The lowest BCUT2D eigenvalue weighted by Crippen LogP contribution is -2.29. The number of amides is 2. The van der Waals surface area contributed by atoms with E-state index >= 15 is 0 Å². The van der Waals surface area contributed by atoms with Gasteiger partial charge in [0.15, 0.2) is 0 Å². The fourth-order valence-corrected chi connectivity index (χ4v) is 3.41. The van der Waals surface area contributed by atoms with Gasteiger partial charge in [0.1, 0.15) is 0 Å². The Kier molecular flexibility index (Phi) is 4.82. The second-order valence-electron chi connectivity index (χ2n) is 6.55. The van der Waals surface area contributed by atoms with E-state index in [0.717, 1.165) is 28.1 Å². The maximum absolute atomic E-state index is 12.7. The summed E-state index contributed by atoms with van der Waals surface area (Å²) in [5.74, 6) is -0.537. The molecule has 2 aromatic rings. The fraction of sp³-hybridized carbons (Fsp3) is 0.300. The standard InChI is InChI=1S/C20H21ClN2O2/c1-12-6-4-7-13(2)19(12)22-20(25)15-10-18(24)23(11-15)17-9-5-8-16(21)14(17)3/h4-9,15H,10-11H2,1-3H3,(H,22,25)/t15-/m1/s1. The molecule has 0 radical (unpaired) electrons. The Hall–Kier alpha value is -2.33. The van der Waals surface area contributed by atoms with Crippen molar-refractivity contribution in [1.29, 1.82) is 0 Å². The number of carbonyl (C=O) groups is 2. The molecule has 0 aliphatic carbocycles. The molecule has 1 heterocycles. The first-order valence-electron chi connectivity index (χ1n) is 8.31. The van der Waals surface area contributed by atoms with Crippen LogP contribution in [0.1, 0.15) is 23.1 Å². The number of benzene rings is 2. The largest absolute Gasteiger partial charge is 0.325 e. The van der Waals surface area contributed by atoms with Crippen LogP contribution < -0.4 is 10.2 Å². The van der Waals surface area contributed by atoms with Crippen LogP contribution in [0.5, 0.6) is 0 Å². The van der Waals surface area contributed by atoms with Gasteiger partial charge in [-0.15, -0.1) is 0 Å². The zero-order valence-electron chi connectivity index (χ0n) is 14.6. The average Bonchev–Trinajstić information content (AvgIpc) is 2.95. The SMILES string of the molecule is Cc1cccc(C)c1NC(=O)[C@@H]1CC(=O)N(c2cccc(Cl)c2C)C1. The van der Waals surface area contributed by atoms with Crippen molar-refractivity contribution in [2.24, 2.45) is 5.92 Å². The van der Waals surface area contributed by atoms with Crippen molar-refractivity contribution in [3.63, 3.8) is 0 Å². The number of aryl methyl sites for hydroxylation is 2. The Morgan fingerprint density at radius 3 is 2.44 bits per heavy atom. The Morgan fingerprint density at radius 2 is 1.76 bits per heavy atom. The summed E-state index contributed by atoms with van der Waals surface area (Å²) in [6.07, 6.45) is 0.211. The van der Waals surface area contributed by atoms with Crippen molar-refractivity contribution in [2.75, 3.05) is 16.8 Å². The lowest BCUT2D eigenvalue weighted by atomic mass is 10.1. The van der Waals surface area contributed by atoms with Gasteiger partial charge in [0.2, 0.25) is 11.8 Å². The van der Waals surface area contributed by atoms with Gasteiger partial charge < -0.3 is 10.2 Å². The monoisotopic (exact) mass is 356 g/mol. The molecule has 2 amide bonds. The predicted octanol–water partition coefficient (Wildman–Crippen LogP) is 4.26. The number of carbonyl (C=O) groups excluding carboxylic acids is 2. The maximum Gasteiger partial charge on any atom is 0.229 e. The topological polar surface area (TPSA) is 49.4 Å². The van der Waals surface area contributed by atoms with Gasteiger partial charge in [-0.3, -0.25) is 9.59 Å². The number of anilines is 2. The van der Waals surface area contributed by atoms with Gasteiger partial charge in [0.05, 0.1) is 5.92 Å². The molecule has 1 saturated heterocycles. The van der Waals surface area contributed by atoms with Crippen molar-refractivity contribution in [3.8, 4) is 0 Å². The molecular weight excluding hydrogens is 336 g/mol. The van der Waals surface area contributed by atoms with E-state index in [0.29, 0.717) is 11.6 Å². The lowest BCUT2D eigenvalue weighted by Gasteiger charge is -2.20. The number of rotatable bonds is 3. The Bertz CT molecular complexity index is 827. The molecule has 1 fully saturated rings.